The Labute approximate surface area is 194 Å². The second-order valence-corrected chi connectivity index (χ2v) is 10.4. The van der Waals surface area contributed by atoms with Crippen molar-refractivity contribution in [2.24, 2.45) is 0 Å². The molecule has 0 fully saturated rings. The van der Waals surface area contributed by atoms with Gasteiger partial charge in [0.15, 0.2) is 5.16 Å². The Hall–Kier alpha value is -2.42. The zero-order chi connectivity index (χ0) is 21.6. The number of thioether (sulfide) groups is 1. The predicted molar refractivity (Wildman–Crippen MR) is 129 cm³/mol. The number of carbonyl (C=O) groups excluding carboxylic acids is 1. The first-order chi connectivity index (χ1) is 15.1. The number of carbonyl (C=O) groups is 1. The van der Waals surface area contributed by atoms with Crippen LogP contribution in [-0.4, -0.2) is 31.3 Å². The highest BCUT2D eigenvalue weighted by molar-refractivity contribution is 7.99. The molecule has 4 aromatic rings. The summed E-state index contributed by atoms with van der Waals surface area (Å²) in [4.78, 5) is 17.4. The molecule has 0 bridgehead atoms. The molecule has 8 heteroatoms. The average Bonchev–Trinajstić information content (AvgIpc) is 3.54. The van der Waals surface area contributed by atoms with Crippen LogP contribution in [0, 0.1) is 0 Å². The SMILES string of the molecule is CC(C)c1ccc(-n2cnnc2SCC(=O)N(Cc2cccs2)Cc2cccs2)cc1. The first-order valence-electron chi connectivity index (χ1n) is 10.1. The van der Waals surface area contributed by atoms with Crippen molar-refractivity contribution in [3.63, 3.8) is 0 Å². The lowest BCUT2D eigenvalue weighted by molar-refractivity contribution is -0.129. The van der Waals surface area contributed by atoms with Crippen LogP contribution >= 0.6 is 34.4 Å². The number of nitrogens with zero attached hydrogens (tertiary/aromatic N) is 4. The van der Waals surface area contributed by atoms with E-state index in [9.17, 15) is 4.79 Å². The van der Waals surface area contributed by atoms with Crippen LogP contribution in [0.1, 0.15) is 35.1 Å². The highest BCUT2D eigenvalue weighted by Crippen LogP contribution is 2.24. The number of benzene rings is 1. The summed E-state index contributed by atoms with van der Waals surface area (Å²) < 4.78 is 1.94. The van der Waals surface area contributed by atoms with Crippen LogP contribution in [0.2, 0.25) is 0 Å². The van der Waals surface area contributed by atoms with E-state index >= 15 is 0 Å². The molecule has 3 aromatic heterocycles. The van der Waals surface area contributed by atoms with Crippen molar-refractivity contribution in [2.45, 2.75) is 38.0 Å². The van der Waals surface area contributed by atoms with Crippen LogP contribution < -0.4 is 0 Å². The quantitative estimate of drug-likeness (QED) is 0.290. The van der Waals surface area contributed by atoms with Gasteiger partial charge in [-0.1, -0.05) is 49.9 Å². The third-order valence-corrected chi connectivity index (χ3v) is 7.54. The topological polar surface area (TPSA) is 51.0 Å². The predicted octanol–water partition coefficient (Wildman–Crippen LogP) is 5.83. The van der Waals surface area contributed by atoms with Crippen LogP contribution in [0.15, 0.2) is 70.8 Å². The third kappa shape index (κ3) is 5.64. The molecule has 0 spiro atoms. The largest absolute Gasteiger partial charge is 0.332 e. The summed E-state index contributed by atoms with van der Waals surface area (Å²) in [6.07, 6.45) is 1.70. The molecule has 0 unspecified atom stereocenters. The molecule has 31 heavy (non-hydrogen) atoms. The summed E-state index contributed by atoms with van der Waals surface area (Å²) in [6.45, 7) is 5.61. The summed E-state index contributed by atoms with van der Waals surface area (Å²) in [7, 11) is 0. The zero-order valence-electron chi connectivity index (χ0n) is 17.5. The van der Waals surface area contributed by atoms with Gasteiger partial charge in [0.2, 0.25) is 5.91 Å². The molecular formula is C23H24N4OS3. The second-order valence-electron chi connectivity index (χ2n) is 7.43. The van der Waals surface area contributed by atoms with Gasteiger partial charge in [0.25, 0.3) is 0 Å². The van der Waals surface area contributed by atoms with Gasteiger partial charge < -0.3 is 4.90 Å². The molecule has 0 N–H and O–H groups in total. The summed E-state index contributed by atoms with van der Waals surface area (Å²) in [5, 5.41) is 13.1. The normalized spacial score (nSPS) is 11.2. The molecule has 0 saturated carbocycles. The van der Waals surface area contributed by atoms with Crippen molar-refractivity contribution in [1.29, 1.82) is 0 Å². The first-order valence-corrected chi connectivity index (χ1v) is 12.8. The maximum Gasteiger partial charge on any atom is 0.233 e. The lowest BCUT2D eigenvalue weighted by Gasteiger charge is -2.21. The first kappa shape index (κ1) is 21.8. The van der Waals surface area contributed by atoms with Crippen LogP contribution in [0.25, 0.3) is 5.69 Å². The van der Waals surface area contributed by atoms with E-state index in [4.69, 9.17) is 0 Å². The number of hydrogen-bond acceptors (Lipinski definition) is 6. The maximum atomic E-state index is 13.1. The summed E-state index contributed by atoms with van der Waals surface area (Å²) in [5.41, 5.74) is 2.29. The molecule has 0 aliphatic rings. The number of hydrogen-bond donors (Lipinski definition) is 0. The lowest BCUT2D eigenvalue weighted by Crippen LogP contribution is -2.31. The van der Waals surface area contributed by atoms with E-state index in [-0.39, 0.29) is 5.91 Å². The van der Waals surface area contributed by atoms with Crippen molar-refractivity contribution in [1.82, 2.24) is 19.7 Å². The van der Waals surface area contributed by atoms with E-state index < -0.39 is 0 Å². The van der Waals surface area contributed by atoms with E-state index in [1.807, 2.05) is 32.4 Å². The van der Waals surface area contributed by atoms with E-state index in [1.165, 1.54) is 27.1 Å². The fraction of sp³-hybridized carbons (Fsp3) is 0.261. The van der Waals surface area contributed by atoms with Crippen molar-refractivity contribution >= 4 is 40.3 Å². The summed E-state index contributed by atoms with van der Waals surface area (Å²) >= 11 is 4.78. The fourth-order valence-corrected chi connectivity index (χ4v) is 5.42. The van der Waals surface area contributed by atoms with Gasteiger partial charge in [-0.2, -0.15) is 0 Å². The van der Waals surface area contributed by atoms with Gasteiger partial charge in [-0.15, -0.1) is 32.9 Å². The highest BCUT2D eigenvalue weighted by atomic mass is 32.2. The van der Waals surface area contributed by atoms with Crippen molar-refractivity contribution in [3.05, 3.63) is 80.9 Å². The van der Waals surface area contributed by atoms with E-state index in [2.05, 4.69) is 60.4 Å². The molecule has 0 aliphatic carbocycles. The van der Waals surface area contributed by atoms with Crippen LogP contribution in [0.5, 0.6) is 0 Å². The molecule has 0 atom stereocenters. The lowest BCUT2D eigenvalue weighted by atomic mass is 10.0. The molecule has 3 heterocycles. The number of thiophene rings is 2. The van der Waals surface area contributed by atoms with Crippen molar-refractivity contribution < 1.29 is 4.79 Å². The fourth-order valence-electron chi connectivity index (χ4n) is 3.15. The van der Waals surface area contributed by atoms with Crippen LogP contribution in [0.4, 0.5) is 0 Å². The third-order valence-electron chi connectivity index (χ3n) is 4.89. The summed E-state index contributed by atoms with van der Waals surface area (Å²) in [6, 6.07) is 16.6. The Morgan fingerprint density at radius 2 is 1.68 bits per heavy atom. The van der Waals surface area contributed by atoms with Crippen molar-refractivity contribution in [2.75, 3.05) is 5.75 Å². The number of aromatic nitrogens is 3. The molecule has 4 rings (SSSR count). The second kappa shape index (κ2) is 10.3. The van der Waals surface area contributed by atoms with E-state index in [0.29, 0.717) is 24.8 Å². The Bertz CT molecular complexity index is 1050. The molecule has 0 aliphatic heterocycles. The molecule has 0 radical (unpaired) electrons. The Morgan fingerprint density at radius 1 is 1.03 bits per heavy atom. The Balaban J connectivity index is 1.44. The smallest absolute Gasteiger partial charge is 0.233 e. The molecular weight excluding hydrogens is 444 g/mol. The summed E-state index contributed by atoms with van der Waals surface area (Å²) in [5.74, 6) is 0.898. The van der Waals surface area contributed by atoms with Crippen molar-refractivity contribution in [3.8, 4) is 5.69 Å². The van der Waals surface area contributed by atoms with Gasteiger partial charge in [0.05, 0.1) is 18.8 Å². The van der Waals surface area contributed by atoms with Crippen LogP contribution in [0.3, 0.4) is 0 Å². The minimum Gasteiger partial charge on any atom is -0.332 e. The van der Waals surface area contributed by atoms with Gasteiger partial charge in [0, 0.05) is 15.4 Å². The zero-order valence-corrected chi connectivity index (χ0v) is 19.9. The molecule has 160 valence electrons. The monoisotopic (exact) mass is 468 g/mol. The average molecular weight is 469 g/mol. The Kier molecular flexibility index (Phi) is 7.21. The number of amides is 1. The van der Waals surface area contributed by atoms with E-state index in [0.717, 1.165) is 10.8 Å². The van der Waals surface area contributed by atoms with Gasteiger partial charge >= 0.3 is 0 Å². The molecule has 0 saturated heterocycles. The minimum atomic E-state index is 0.0940. The van der Waals surface area contributed by atoms with Gasteiger partial charge in [-0.05, 0) is 46.5 Å². The number of rotatable bonds is 9. The van der Waals surface area contributed by atoms with Gasteiger partial charge in [-0.25, -0.2) is 0 Å². The highest BCUT2D eigenvalue weighted by Gasteiger charge is 2.18. The molecule has 1 aromatic carbocycles. The van der Waals surface area contributed by atoms with Gasteiger partial charge in [-0.3, -0.25) is 9.36 Å². The van der Waals surface area contributed by atoms with E-state index in [1.54, 1.807) is 29.0 Å². The van der Waals surface area contributed by atoms with Crippen LogP contribution in [-0.2, 0) is 17.9 Å². The minimum absolute atomic E-state index is 0.0940. The maximum absolute atomic E-state index is 13.1. The molecule has 5 nitrogen and oxygen atoms in total. The standard InChI is InChI=1S/C23H24N4OS3/c1-17(2)18-7-9-19(10-8-18)27-16-24-25-23(27)31-15-22(28)26(13-20-5-3-11-29-20)14-21-6-4-12-30-21/h3-12,16-17H,13-15H2,1-2H3. The van der Waals surface area contributed by atoms with Gasteiger partial charge in [0.1, 0.15) is 6.33 Å². The Morgan fingerprint density at radius 3 is 2.23 bits per heavy atom. The molecule has 1 amide bonds.